The zero-order valence-electron chi connectivity index (χ0n) is 13.2. The smallest absolute Gasteiger partial charge is 0.0204 e. The van der Waals surface area contributed by atoms with Crippen molar-refractivity contribution >= 4 is 11.8 Å². The van der Waals surface area contributed by atoms with Crippen molar-refractivity contribution in [2.75, 3.05) is 7.05 Å². The number of hydrogen-bond acceptors (Lipinski definition) is 2. The summed E-state index contributed by atoms with van der Waals surface area (Å²) < 4.78 is 0. The summed E-state index contributed by atoms with van der Waals surface area (Å²) in [6, 6.07) is 7.65. The summed E-state index contributed by atoms with van der Waals surface area (Å²) in [5.41, 5.74) is 4.27. The van der Waals surface area contributed by atoms with Crippen LogP contribution in [-0.2, 0) is 5.75 Å². The summed E-state index contributed by atoms with van der Waals surface area (Å²) in [6.45, 7) is 4.40. The van der Waals surface area contributed by atoms with E-state index in [9.17, 15) is 0 Å². The molecule has 0 aromatic heterocycles. The molecule has 1 nitrogen and oxygen atoms in total. The summed E-state index contributed by atoms with van der Waals surface area (Å²) in [7, 11) is 2.14. The number of rotatable bonds is 4. The fourth-order valence-corrected chi connectivity index (χ4v) is 4.75. The molecule has 1 aliphatic rings. The van der Waals surface area contributed by atoms with Gasteiger partial charge >= 0.3 is 0 Å². The van der Waals surface area contributed by atoms with Crippen LogP contribution in [0.3, 0.4) is 0 Å². The average molecular weight is 292 g/mol. The van der Waals surface area contributed by atoms with E-state index in [0.29, 0.717) is 6.04 Å². The fourth-order valence-electron chi connectivity index (χ4n) is 3.34. The Morgan fingerprint density at radius 1 is 1.00 bits per heavy atom. The molecule has 2 rings (SSSR count). The fraction of sp³-hybridized carbons (Fsp3) is 0.667. The summed E-state index contributed by atoms with van der Waals surface area (Å²) in [4.78, 5) is 0. The lowest BCUT2D eigenvalue weighted by Gasteiger charge is -2.28. The molecule has 1 aromatic rings. The third-order valence-corrected chi connectivity index (χ3v) is 5.81. The van der Waals surface area contributed by atoms with Gasteiger partial charge in [-0.1, -0.05) is 55.0 Å². The molecule has 1 saturated carbocycles. The molecule has 0 amide bonds. The molecule has 1 N–H and O–H groups in total. The Hall–Kier alpha value is -0.470. The molecule has 1 aromatic carbocycles. The molecule has 0 spiro atoms. The second-order valence-electron chi connectivity index (χ2n) is 6.23. The highest BCUT2D eigenvalue weighted by molar-refractivity contribution is 7.99. The highest BCUT2D eigenvalue weighted by atomic mass is 32.2. The molecular weight excluding hydrogens is 262 g/mol. The van der Waals surface area contributed by atoms with Crippen LogP contribution in [0.25, 0.3) is 0 Å². The van der Waals surface area contributed by atoms with Gasteiger partial charge < -0.3 is 5.32 Å². The predicted molar refractivity (Wildman–Crippen MR) is 91.5 cm³/mol. The van der Waals surface area contributed by atoms with Gasteiger partial charge in [0, 0.05) is 17.0 Å². The van der Waals surface area contributed by atoms with Crippen molar-refractivity contribution in [2.45, 2.75) is 69.4 Å². The molecule has 20 heavy (non-hydrogen) atoms. The van der Waals surface area contributed by atoms with Crippen LogP contribution in [0.1, 0.15) is 55.2 Å². The van der Waals surface area contributed by atoms with E-state index in [1.165, 1.54) is 55.2 Å². The number of thioether (sulfide) groups is 1. The van der Waals surface area contributed by atoms with E-state index in [2.05, 4.69) is 56.2 Å². The molecule has 2 unspecified atom stereocenters. The maximum atomic E-state index is 3.56. The van der Waals surface area contributed by atoms with Gasteiger partial charge in [-0.25, -0.2) is 0 Å². The van der Waals surface area contributed by atoms with Crippen LogP contribution < -0.4 is 5.32 Å². The third-order valence-electron chi connectivity index (χ3n) is 4.32. The molecule has 1 aliphatic carbocycles. The minimum Gasteiger partial charge on any atom is -0.316 e. The van der Waals surface area contributed by atoms with Crippen molar-refractivity contribution in [1.29, 1.82) is 0 Å². The summed E-state index contributed by atoms with van der Waals surface area (Å²) in [5, 5.41) is 4.34. The molecule has 0 saturated heterocycles. The summed E-state index contributed by atoms with van der Waals surface area (Å²) >= 11 is 2.16. The van der Waals surface area contributed by atoms with Crippen molar-refractivity contribution < 1.29 is 0 Å². The molecule has 112 valence electrons. The van der Waals surface area contributed by atoms with Gasteiger partial charge in [-0.05, 0) is 39.3 Å². The largest absolute Gasteiger partial charge is 0.316 e. The number of nitrogens with one attached hydrogen (secondary N) is 1. The molecular formula is C18H29NS. The van der Waals surface area contributed by atoms with Crippen molar-refractivity contribution in [1.82, 2.24) is 5.32 Å². The van der Waals surface area contributed by atoms with Crippen LogP contribution in [0, 0.1) is 13.8 Å². The van der Waals surface area contributed by atoms with Gasteiger partial charge in [0.1, 0.15) is 0 Å². The lowest BCUT2D eigenvalue weighted by Crippen LogP contribution is -2.36. The Balaban J connectivity index is 1.95. The first kappa shape index (κ1) is 15.9. The zero-order valence-corrected chi connectivity index (χ0v) is 14.1. The van der Waals surface area contributed by atoms with Gasteiger partial charge in [-0.2, -0.15) is 11.8 Å². The maximum absolute atomic E-state index is 3.56. The molecule has 0 heterocycles. The summed E-state index contributed by atoms with van der Waals surface area (Å²) in [5.74, 6) is 1.16. The number of aryl methyl sites for hydroxylation is 2. The Kier molecular flexibility index (Phi) is 6.44. The Morgan fingerprint density at radius 3 is 2.30 bits per heavy atom. The van der Waals surface area contributed by atoms with Crippen LogP contribution >= 0.6 is 11.8 Å². The quantitative estimate of drug-likeness (QED) is 0.851. The normalized spacial score (nSPS) is 24.1. The highest BCUT2D eigenvalue weighted by Crippen LogP contribution is 2.29. The number of benzene rings is 1. The van der Waals surface area contributed by atoms with E-state index < -0.39 is 0 Å². The zero-order chi connectivity index (χ0) is 14.4. The van der Waals surface area contributed by atoms with Gasteiger partial charge in [0.25, 0.3) is 0 Å². The van der Waals surface area contributed by atoms with E-state index in [0.717, 1.165) is 11.0 Å². The van der Waals surface area contributed by atoms with Crippen LogP contribution in [0.5, 0.6) is 0 Å². The monoisotopic (exact) mass is 291 g/mol. The SMILES string of the molecule is CNC1CCCCCCC1SCc1cc(C)cc(C)c1. The molecule has 0 bridgehead atoms. The van der Waals surface area contributed by atoms with Crippen molar-refractivity contribution in [3.8, 4) is 0 Å². The van der Waals surface area contributed by atoms with E-state index in [1.54, 1.807) is 0 Å². The standard InChI is InChI=1S/C18H29NS/c1-14-10-15(2)12-16(11-14)13-20-18-9-7-5-4-6-8-17(18)19-3/h10-12,17-19H,4-9,13H2,1-3H3. The Bertz CT molecular complexity index is 396. The molecule has 0 aliphatic heterocycles. The summed E-state index contributed by atoms with van der Waals surface area (Å²) in [6.07, 6.45) is 8.38. The van der Waals surface area contributed by atoms with Gasteiger partial charge in [0.15, 0.2) is 0 Å². The Labute approximate surface area is 128 Å². The average Bonchev–Trinajstić information content (AvgIpc) is 2.36. The van der Waals surface area contributed by atoms with Crippen molar-refractivity contribution in [3.05, 3.63) is 34.9 Å². The molecule has 1 fully saturated rings. The van der Waals surface area contributed by atoms with Crippen LogP contribution in [0.4, 0.5) is 0 Å². The Morgan fingerprint density at radius 2 is 1.65 bits per heavy atom. The van der Waals surface area contributed by atoms with Crippen molar-refractivity contribution in [2.24, 2.45) is 0 Å². The van der Waals surface area contributed by atoms with E-state index >= 15 is 0 Å². The van der Waals surface area contributed by atoms with E-state index in [-0.39, 0.29) is 0 Å². The minimum atomic E-state index is 0.700. The first-order valence-corrected chi connectivity index (χ1v) is 9.10. The first-order valence-electron chi connectivity index (χ1n) is 8.05. The van der Waals surface area contributed by atoms with Crippen LogP contribution in [-0.4, -0.2) is 18.3 Å². The molecule has 0 radical (unpaired) electrons. The second-order valence-corrected chi connectivity index (χ2v) is 7.46. The molecule has 2 atom stereocenters. The van der Waals surface area contributed by atoms with E-state index in [4.69, 9.17) is 0 Å². The maximum Gasteiger partial charge on any atom is 0.0204 e. The van der Waals surface area contributed by atoms with Gasteiger partial charge in [-0.3, -0.25) is 0 Å². The minimum absolute atomic E-state index is 0.700. The van der Waals surface area contributed by atoms with Crippen LogP contribution in [0.15, 0.2) is 18.2 Å². The number of hydrogen-bond donors (Lipinski definition) is 1. The lowest BCUT2D eigenvalue weighted by molar-refractivity contribution is 0.420. The lowest BCUT2D eigenvalue weighted by atomic mass is 9.96. The highest BCUT2D eigenvalue weighted by Gasteiger charge is 2.21. The third kappa shape index (κ3) is 4.82. The molecule has 2 heteroatoms. The van der Waals surface area contributed by atoms with Gasteiger partial charge in [-0.15, -0.1) is 0 Å². The van der Waals surface area contributed by atoms with E-state index in [1.807, 2.05) is 0 Å². The van der Waals surface area contributed by atoms with Gasteiger partial charge in [0.2, 0.25) is 0 Å². The topological polar surface area (TPSA) is 12.0 Å². The van der Waals surface area contributed by atoms with Gasteiger partial charge in [0.05, 0.1) is 0 Å². The second kappa shape index (κ2) is 8.09. The predicted octanol–water partition coefficient (Wildman–Crippen LogP) is 4.85. The van der Waals surface area contributed by atoms with Crippen molar-refractivity contribution in [3.63, 3.8) is 0 Å². The first-order chi connectivity index (χ1) is 9.69. The van der Waals surface area contributed by atoms with Crippen LogP contribution in [0.2, 0.25) is 0 Å².